The van der Waals surface area contributed by atoms with Crippen molar-refractivity contribution in [2.24, 2.45) is 11.7 Å². The number of rotatable bonds is 8. The highest BCUT2D eigenvalue weighted by atomic mass is 16.5. The minimum absolute atomic E-state index is 0.00420. The lowest BCUT2D eigenvalue weighted by atomic mass is 9.97. The minimum Gasteiger partial charge on any atom is -0.482 e. The number of ether oxygens (including phenoxy) is 2. The maximum atomic E-state index is 13.8. The molecule has 4 N–H and O–H groups in total. The minimum atomic E-state index is -0.277. The van der Waals surface area contributed by atoms with Crippen molar-refractivity contribution in [3.05, 3.63) is 47.3 Å². The van der Waals surface area contributed by atoms with E-state index < -0.39 is 0 Å². The van der Waals surface area contributed by atoms with Gasteiger partial charge in [0, 0.05) is 41.7 Å². The van der Waals surface area contributed by atoms with E-state index in [1.807, 2.05) is 41.3 Å². The molecule has 1 saturated carbocycles. The largest absolute Gasteiger partial charge is 0.482 e. The van der Waals surface area contributed by atoms with Crippen molar-refractivity contribution >= 4 is 28.6 Å². The molecule has 12 nitrogen and oxygen atoms in total. The summed E-state index contributed by atoms with van der Waals surface area (Å²) < 4.78 is 15.2. The lowest BCUT2D eigenvalue weighted by Gasteiger charge is -2.27. The van der Waals surface area contributed by atoms with E-state index in [4.69, 9.17) is 25.2 Å². The molecule has 4 aliphatic rings. The Balaban J connectivity index is 1.16. The number of methoxy groups -OCH3 is 1. The molecule has 12 heteroatoms. The first-order valence-electron chi connectivity index (χ1n) is 16.1. The van der Waals surface area contributed by atoms with Gasteiger partial charge in [-0.1, -0.05) is 0 Å². The standard InChI is InChI=1S/C33H40N8O4/c1-17(35-33(43)36-22-15-45-16-22)25-8-6-20-10-27(39(31(20)37-25)14-19-4-5-19)30-18(2)40-28(38-30)11-21(12-29(40)44-3)32(42)41-23-7-9-26(41)24(34)13-23/h6,8,10-12,17,19,22-24,26H,4-5,7,9,13-16,34H2,1-3H3,(H2,35,36,43)/t17-,23+,24-,26-/m1/s1. The summed E-state index contributed by atoms with van der Waals surface area (Å²) in [6.45, 7) is 5.91. The Morgan fingerprint density at radius 2 is 1.96 bits per heavy atom. The highest BCUT2D eigenvalue weighted by Crippen LogP contribution is 2.40. The fourth-order valence-electron chi connectivity index (χ4n) is 7.43. The van der Waals surface area contributed by atoms with Crippen LogP contribution in [-0.4, -0.2) is 80.3 Å². The summed E-state index contributed by atoms with van der Waals surface area (Å²) in [7, 11) is 1.63. The van der Waals surface area contributed by atoms with E-state index in [1.165, 1.54) is 12.8 Å². The number of hydrogen-bond acceptors (Lipinski definition) is 7. The van der Waals surface area contributed by atoms with Crippen LogP contribution >= 0.6 is 0 Å². The second-order valence-corrected chi connectivity index (χ2v) is 13.2. The summed E-state index contributed by atoms with van der Waals surface area (Å²) >= 11 is 0. The number of carbonyl (C=O) groups is 2. The maximum absolute atomic E-state index is 13.8. The lowest BCUT2D eigenvalue weighted by molar-refractivity contribution is -0.000121. The Bertz CT molecular complexity index is 1820. The number of nitrogens with zero attached hydrogens (tertiary/aromatic N) is 5. The smallest absolute Gasteiger partial charge is 0.315 e. The van der Waals surface area contributed by atoms with E-state index in [-0.39, 0.29) is 42.1 Å². The quantitative estimate of drug-likeness (QED) is 0.276. The molecule has 4 atom stereocenters. The number of aryl methyl sites for hydroxylation is 1. The van der Waals surface area contributed by atoms with Crippen molar-refractivity contribution < 1.29 is 19.1 Å². The Labute approximate surface area is 261 Å². The fourth-order valence-corrected chi connectivity index (χ4v) is 7.43. The van der Waals surface area contributed by atoms with Crippen LogP contribution in [0.2, 0.25) is 0 Å². The molecule has 4 aromatic heterocycles. The topological polar surface area (TPSA) is 141 Å². The van der Waals surface area contributed by atoms with Crippen LogP contribution in [0, 0.1) is 12.8 Å². The van der Waals surface area contributed by atoms with Gasteiger partial charge in [-0.05, 0) is 76.1 Å². The number of amides is 3. The molecule has 4 aromatic rings. The van der Waals surface area contributed by atoms with E-state index in [0.29, 0.717) is 36.2 Å². The molecule has 0 unspecified atom stereocenters. The number of pyridine rings is 2. The average Bonchev–Trinajstić information content (AvgIpc) is 3.33. The van der Waals surface area contributed by atoms with Crippen molar-refractivity contribution in [2.45, 2.75) is 82.7 Å². The molecular formula is C33H40N8O4. The summed E-state index contributed by atoms with van der Waals surface area (Å²) in [5, 5.41) is 6.96. The third-order valence-electron chi connectivity index (χ3n) is 10.1. The molecule has 4 fully saturated rings. The van der Waals surface area contributed by atoms with Crippen molar-refractivity contribution in [1.82, 2.24) is 34.5 Å². The molecule has 3 amide bonds. The first-order valence-corrected chi connectivity index (χ1v) is 16.1. The van der Waals surface area contributed by atoms with Gasteiger partial charge < -0.3 is 35.3 Å². The number of nitrogens with two attached hydrogens (primary N) is 1. The van der Waals surface area contributed by atoms with E-state index in [2.05, 4.69) is 27.3 Å². The Morgan fingerprint density at radius 1 is 1.13 bits per heavy atom. The summed E-state index contributed by atoms with van der Waals surface area (Å²) in [6.07, 6.45) is 5.21. The Hall–Kier alpha value is -4.16. The predicted octanol–water partition coefficient (Wildman–Crippen LogP) is 3.54. The van der Waals surface area contributed by atoms with Crippen LogP contribution in [0.3, 0.4) is 0 Å². The van der Waals surface area contributed by atoms with Crippen LogP contribution < -0.4 is 21.1 Å². The molecular weight excluding hydrogens is 572 g/mol. The number of hydrogen-bond donors (Lipinski definition) is 3. The van der Waals surface area contributed by atoms with Crippen molar-refractivity contribution in [3.8, 4) is 17.3 Å². The molecule has 0 aromatic carbocycles. The zero-order valence-corrected chi connectivity index (χ0v) is 26.0. The van der Waals surface area contributed by atoms with Crippen molar-refractivity contribution in [1.29, 1.82) is 0 Å². The molecule has 7 heterocycles. The maximum Gasteiger partial charge on any atom is 0.315 e. The number of urea groups is 1. The first-order chi connectivity index (χ1) is 21.8. The van der Waals surface area contributed by atoms with Gasteiger partial charge in [0.15, 0.2) is 5.88 Å². The van der Waals surface area contributed by atoms with Crippen LogP contribution in [0.15, 0.2) is 30.3 Å². The number of imidazole rings is 1. The summed E-state index contributed by atoms with van der Waals surface area (Å²) in [5.74, 6) is 1.16. The van der Waals surface area contributed by atoms with Crippen LogP contribution in [0.5, 0.6) is 5.88 Å². The van der Waals surface area contributed by atoms with E-state index in [1.54, 1.807) is 7.11 Å². The number of carbonyl (C=O) groups excluding carboxylic acids is 2. The second-order valence-electron chi connectivity index (χ2n) is 13.2. The second kappa shape index (κ2) is 10.7. The predicted molar refractivity (Wildman–Crippen MR) is 168 cm³/mol. The van der Waals surface area contributed by atoms with Gasteiger partial charge in [-0.2, -0.15) is 0 Å². The van der Waals surface area contributed by atoms with Gasteiger partial charge in [0.25, 0.3) is 5.91 Å². The van der Waals surface area contributed by atoms with Gasteiger partial charge >= 0.3 is 6.03 Å². The Morgan fingerprint density at radius 3 is 2.62 bits per heavy atom. The molecule has 8 rings (SSSR count). The van der Waals surface area contributed by atoms with E-state index in [9.17, 15) is 9.59 Å². The fraction of sp³-hybridized carbons (Fsp3) is 0.515. The van der Waals surface area contributed by atoms with Gasteiger partial charge in [0.2, 0.25) is 0 Å². The van der Waals surface area contributed by atoms with Gasteiger partial charge in [-0.3, -0.25) is 9.20 Å². The van der Waals surface area contributed by atoms with E-state index >= 15 is 0 Å². The summed E-state index contributed by atoms with van der Waals surface area (Å²) in [5.41, 5.74) is 12.0. The molecule has 0 radical (unpaired) electrons. The highest BCUT2D eigenvalue weighted by Gasteiger charge is 2.47. The average molecular weight is 613 g/mol. The van der Waals surface area contributed by atoms with Gasteiger partial charge in [-0.25, -0.2) is 14.8 Å². The zero-order chi connectivity index (χ0) is 31.0. The molecule has 0 spiro atoms. The highest BCUT2D eigenvalue weighted by molar-refractivity contribution is 5.97. The molecule has 45 heavy (non-hydrogen) atoms. The summed E-state index contributed by atoms with van der Waals surface area (Å²) in [6, 6.07) is 9.79. The Kier molecular flexibility index (Phi) is 6.75. The number of nitrogens with one attached hydrogen (secondary N) is 2. The normalized spacial score (nSPS) is 23.5. The number of aromatic nitrogens is 4. The van der Waals surface area contributed by atoms with Gasteiger partial charge in [-0.15, -0.1) is 0 Å². The third-order valence-corrected chi connectivity index (χ3v) is 10.1. The van der Waals surface area contributed by atoms with Crippen molar-refractivity contribution in [2.75, 3.05) is 20.3 Å². The molecule has 1 aliphatic carbocycles. The molecule has 3 aliphatic heterocycles. The van der Waals surface area contributed by atoms with Gasteiger partial charge in [0.1, 0.15) is 17.0 Å². The third kappa shape index (κ3) is 4.82. The van der Waals surface area contributed by atoms with E-state index in [0.717, 1.165) is 59.6 Å². The SMILES string of the molecule is COc1cc(C(=O)N2[C@H]3CC[C@@H]2[C@H](N)C3)cc2nc(-c3cc4ccc([C@@H](C)NC(=O)NC5COC5)nc4n3CC3CC3)c(C)n12. The molecule has 3 saturated heterocycles. The first kappa shape index (κ1) is 28.3. The monoisotopic (exact) mass is 612 g/mol. The van der Waals surface area contributed by atoms with Crippen LogP contribution in [-0.2, 0) is 11.3 Å². The number of fused-ring (bicyclic) bond motifs is 4. The van der Waals surface area contributed by atoms with Crippen molar-refractivity contribution in [3.63, 3.8) is 0 Å². The molecule has 2 bridgehead atoms. The zero-order valence-electron chi connectivity index (χ0n) is 26.0. The van der Waals surface area contributed by atoms with Gasteiger partial charge in [0.05, 0.1) is 49.5 Å². The van der Waals surface area contributed by atoms with Crippen LogP contribution in [0.25, 0.3) is 28.1 Å². The molecule has 236 valence electrons. The van der Waals surface area contributed by atoms with Crippen LogP contribution in [0.1, 0.15) is 66.8 Å². The van der Waals surface area contributed by atoms with Crippen LogP contribution in [0.4, 0.5) is 4.79 Å². The summed E-state index contributed by atoms with van der Waals surface area (Å²) in [4.78, 5) is 38.5. The lowest BCUT2D eigenvalue weighted by Crippen LogP contribution is -2.52.